The molecule has 1 aromatic heterocycles. The molecule has 2 rings (SSSR count). The van der Waals surface area contributed by atoms with E-state index in [0.717, 1.165) is 37.9 Å². The molecule has 0 bridgehead atoms. The van der Waals surface area contributed by atoms with Gasteiger partial charge in [-0.2, -0.15) is 0 Å². The molecule has 2 heterocycles. The average molecular weight is 283 g/mol. The van der Waals surface area contributed by atoms with Crippen LogP contribution in [0.15, 0.2) is 0 Å². The third-order valence-corrected chi connectivity index (χ3v) is 4.42. The van der Waals surface area contributed by atoms with Gasteiger partial charge in [-0.1, -0.05) is 0 Å². The summed E-state index contributed by atoms with van der Waals surface area (Å²) in [6.07, 6.45) is 0. The molecule has 1 aliphatic heterocycles. The van der Waals surface area contributed by atoms with Gasteiger partial charge in [-0.15, -0.1) is 11.3 Å². The third-order valence-electron chi connectivity index (χ3n) is 3.52. The minimum atomic E-state index is 0.320. The van der Waals surface area contributed by atoms with Crippen molar-refractivity contribution in [2.75, 3.05) is 32.8 Å². The molecule has 0 amide bonds. The predicted molar refractivity (Wildman–Crippen MR) is 79.9 cm³/mol. The van der Waals surface area contributed by atoms with Crippen LogP contribution in [0.1, 0.15) is 35.5 Å². The quantitative estimate of drug-likeness (QED) is 0.898. The summed E-state index contributed by atoms with van der Waals surface area (Å²) in [7, 11) is 0. The van der Waals surface area contributed by atoms with E-state index in [1.807, 2.05) is 0 Å². The Morgan fingerprint density at radius 3 is 2.58 bits per heavy atom. The van der Waals surface area contributed by atoms with E-state index in [1.165, 1.54) is 10.6 Å². The van der Waals surface area contributed by atoms with Crippen LogP contribution in [0.2, 0.25) is 0 Å². The number of aromatic nitrogens is 1. The first kappa shape index (κ1) is 14.9. The van der Waals surface area contributed by atoms with Crippen LogP contribution in [0.3, 0.4) is 0 Å². The number of hydrogen-bond donors (Lipinski definition) is 1. The summed E-state index contributed by atoms with van der Waals surface area (Å²) in [5, 5.41) is 4.81. The Morgan fingerprint density at radius 1 is 1.32 bits per heavy atom. The minimum Gasteiger partial charge on any atom is -0.379 e. The molecule has 19 heavy (non-hydrogen) atoms. The largest absolute Gasteiger partial charge is 0.379 e. The second kappa shape index (κ2) is 6.79. The predicted octanol–water partition coefficient (Wildman–Crippen LogP) is 2.13. The van der Waals surface area contributed by atoms with Crippen molar-refractivity contribution in [3.05, 3.63) is 15.6 Å². The van der Waals surface area contributed by atoms with E-state index in [2.05, 4.69) is 42.9 Å². The molecule has 2 unspecified atom stereocenters. The van der Waals surface area contributed by atoms with Crippen LogP contribution in [-0.4, -0.2) is 48.8 Å². The zero-order valence-corrected chi connectivity index (χ0v) is 13.2. The molecule has 0 radical (unpaired) electrons. The van der Waals surface area contributed by atoms with Crippen LogP contribution in [0.25, 0.3) is 0 Å². The third kappa shape index (κ3) is 4.24. The monoisotopic (exact) mass is 283 g/mol. The van der Waals surface area contributed by atoms with Crippen molar-refractivity contribution in [2.24, 2.45) is 0 Å². The molecule has 5 heteroatoms. The van der Waals surface area contributed by atoms with Gasteiger partial charge in [-0.3, -0.25) is 4.90 Å². The molecule has 0 spiro atoms. The summed E-state index contributed by atoms with van der Waals surface area (Å²) in [5.41, 5.74) is 1.20. The highest BCUT2D eigenvalue weighted by Gasteiger charge is 2.18. The fourth-order valence-electron chi connectivity index (χ4n) is 2.68. The number of aryl methyl sites for hydroxylation is 2. The fourth-order valence-corrected chi connectivity index (χ4v) is 3.59. The van der Waals surface area contributed by atoms with Gasteiger partial charge in [0.2, 0.25) is 0 Å². The maximum absolute atomic E-state index is 5.38. The first-order valence-corrected chi connectivity index (χ1v) is 7.88. The molecule has 0 aliphatic carbocycles. The lowest BCUT2D eigenvalue weighted by atomic mass is 10.2. The van der Waals surface area contributed by atoms with Gasteiger partial charge in [0.05, 0.1) is 23.9 Å². The highest BCUT2D eigenvalue weighted by molar-refractivity contribution is 7.11. The Balaban J connectivity index is 1.84. The Hall–Kier alpha value is -0.490. The minimum absolute atomic E-state index is 0.320. The summed E-state index contributed by atoms with van der Waals surface area (Å²) in [6.45, 7) is 13.6. The molecular weight excluding hydrogens is 258 g/mol. The number of morpholine rings is 1. The van der Waals surface area contributed by atoms with Crippen LogP contribution < -0.4 is 5.32 Å². The summed E-state index contributed by atoms with van der Waals surface area (Å²) in [4.78, 5) is 8.43. The van der Waals surface area contributed by atoms with Gasteiger partial charge < -0.3 is 10.1 Å². The van der Waals surface area contributed by atoms with Gasteiger partial charge >= 0.3 is 0 Å². The van der Waals surface area contributed by atoms with E-state index >= 15 is 0 Å². The van der Waals surface area contributed by atoms with Gasteiger partial charge in [-0.05, 0) is 27.7 Å². The van der Waals surface area contributed by atoms with Crippen LogP contribution >= 0.6 is 11.3 Å². The first-order valence-electron chi connectivity index (χ1n) is 7.06. The molecule has 1 aromatic rings. The van der Waals surface area contributed by atoms with Crippen molar-refractivity contribution in [1.82, 2.24) is 15.2 Å². The SMILES string of the molecule is Cc1nc(C(C)NC(C)CN2CCOCC2)c(C)s1. The Morgan fingerprint density at radius 2 is 2.00 bits per heavy atom. The van der Waals surface area contributed by atoms with Crippen molar-refractivity contribution in [1.29, 1.82) is 0 Å². The molecule has 108 valence electrons. The Kier molecular flexibility index (Phi) is 5.33. The van der Waals surface area contributed by atoms with Crippen molar-refractivity contribution in [3.8, 4) is 0 Å². The van der Waals surface area contributed by atoms with Crippen molar-refractivity contribution < 1.29 is 4.74 Å². The van der Waals surface area contributed by atoms with E-state index < -0.39 is 0 Å². The van der Waals surface area contributed by atoms with E-state index in [4.69, 9.17) is 4.74 Å². The number of nitrogens with zero attached hydrogens (tertiary/aromatic N) is 2. The van der Waals surface area contributed by atoms with E-state index in [-0.39, 0.29) is 0 Å². The molecule has 2 atom stereocenters. The van der Waals surface area contributed by atoms with Gasteiger partial charge in [-0.25, -0.2) is 4.98 Å². The summed E-state index contributed by atoms with van der Waals surface area (Å²) in [6, 6.07) is 0.787. The summed E-state index contributed by atoms with van der Waals surface area (Å²) < 4.78 is 5.38. The number of ether oxygens (including phenoxy) is 1. The summed E-state index contributed by atoms with van der Waals surface area (Å²) in [5.74, 6) is 0. The van der Waals surface area contributed by atoms with Crippen molar-refractivity contribution >= 4 is 11.3 Å². The molecule has 4 nitrogen and oxygen atoms in total. The summed E-state index contributed by atoms with van der Waals surface area (Å²) >= 11 is 1.78. The van der Waals surface area contributed by atoms with Crippen LogP contribution in [0.5, 0.6) is 0 Å². The number of hydrogen-bond acceptors (Lipinski definition) is 5. The standard InChI is InChI=1S/C14H25N3OS/c1-10(9-17-5-7-18-8-6-17)15-11(2)14-12(3)19-13(4)16-14/h10-11,15H,5-9H2,1-4H3. The number of thiazole rings is 1. The molecule has 1 fully saturated rings. The Bertz CT molecular complexity index is 401. The number of rotatable bonds is 5. The second-order valence-corrected chi connectivity index (χ2v) is 6.78. The van der Waals surface area contributed by atoms with Crippen molar-refractivity contribution in [2.45, 2.75) is 39.8 Å². The van der Waals surface area contributed by atoms with Crippen LogP contribution in [0.4, 0.5) is 0 Å². The van der Waals surface area contributed by atoms with E-state index in [0.29, 0.717) is 12.1 Å². The molecule has 1 N–H and O–H groups in total. The second-order valence-electron chi connectivity index (χ2n) is 5.38. The molecular formula is C14H25N3OS. The maximum atomic E-state index is 5.38. The zero-order valence-electron chi connectivity index (χ0n) is 12.4. The van der Waals surface area contributed by atoms with Gasteiger partial charge in [0.25, 0.3) is 0 Å². The molecule has 0 aromatic carbocycles. The highest BCUT2D eigenvalue weighted by atomic mass is 32.1. The normalized spacial score (nSPS) is 20.4. The smallest absolute Gasteiger partial charge is 0.0900 e. The molecule has 0 saturated carbocycles. The molecule has 1 saturated heterocycles. The molecule has 1 aliphatic rings. The lowest BCUT2D eigenvalue weighted by molar-refractivity contribution is 0.0339. The number of nitrogens with one attached hydrogen (secondary N) is 1. The topological polar surface area (TPSA) is 37.4 Å². The lowest BCUT2D eigenvalue weighted by Gasteiger charge is -2.30. The lowest BCUT2D eigenvalue weighted by Crippen LogP contribution is -2.45. The van der Waals surface area contributed by atoms with Crippen LogP contribution in [-0.2, 0) is 4.74 Å². The first-order chi connectivity index (χ1) is 9.06. The highest BCUT2D eigenvalue weighted by Crippen LogP contribution is 2.22. The van der Waals surface area contributed by atoms with Crippen molar-refractivity contribution in [3.63, 3.8) is 0 Å². The van der Waals surface area contributed by atoms with E-state index in [1.54, 1.807) is 11.3 Å². The fraction of sp³-hybridized carbons (Fsp3) is 0.786. The van der Waals surface area contributed by atoms with Crippen LogP contribution in [0, 0.1) is 13.8 Å². The Labute approximate surface area is 120 Å². The van der Waals surface area contributed by atoms with Gasteiger partial charge in [0.1, 0.15) is 0 Å². The maximum Gasteiger partial charge on any atom is 0.0900 e. The average Bonchev–Trinajstić information content (AvgIpc) is 2.69. The van der Waals surface area contributed by atoms with E-state index in [9.17, 15) is 0 Å². The van der Waals surface area contributed by atoms with Gasteiger partial charge in [0, 0.05) is 36.6 Å². The van der Waals surface area contributed by atoms with Gasteiger partial charge in [0.15, 0.2) is 0 Å². The zero-order chi connectivity index (χ0) is 13.8.